The molecule has 1 aromatic heterocycles. The zero-order valence-electron chi connectivity index (χ0n) is 10.7. The van der Waals surface area contributed by atoms with E-state index in [4.69, 9.17) is 26.6 Å². The summed E-state index contributed by atoms with van der Waals surface area (Å²) in [6, 6.07) is 6.94. The first-order chi connectivity index (χ1) is 9.19. The van der Waals surface area contributed by atoms with E-state index in [2.05, 4.69) is 17.1 Å². The molecule has 0 spiro atoms. The molecule has 2 aromatic rings. The Morgan fingerprint density at radius 3 is 3.05 bits per heavy atom. The van der Waals surface area contributed by atoms with Crippen molar-refractivity contribution in [2.45, 2.75) is 32.4 Å². The molecule has 1 heterocycles. The van der Waals surface area contributed by atoms with Crippen LogP contribution >= 0.6 is 11.6 Å². The lowest BCUT2D eigenvalue weighted by Gasteiger charge is -2.03. The van der Waals surface area contributed by atoms with E-state index in [0.717, 1.165) is 12.8 Å². The van der Waals surface area contributed by atoms with Crippen molar-refractivity contribution in [1.82, 2.24) is 10.1 Å². The third kappa shape index (κ3) is 3.94. The maximum Gasteiger partial charge on any atom is 0.264 e. The van der Waals surface area contributed by atoms with Gasteiger partial charge in [-0.25, -0.2) is 0 Å². The number of halogens is 1. The molecular weight excluding hydrogens is 266 g/mol. The van der Waals surface area contributed by atoms with Gasteiger partial charge in [0.05, 0.1) is 6.04 Å². The van der Waals surface area contributed by atoms with Crippen molar-refractivity contribution < 1.29 is 9.26 Å². The summed E-state index contributed by atoms with van der Waals surface area (Å²) in [5.41, 5.74) is 5.90. The molecule has 0 aliphatic rings. The predicted molar refractivity (Wildman–Crippen MR) is 71.9 cm³/mol. The Hall–Kier alpha value is -1.59. The monoisotopic (exact) mass is 281 g/mol. The molecule has 0 fully saturated rings. The molecule has 0 aliphatic carbocycles. The van der Waals surface area contributed by atoms with Crippen LogP contribution in [0.3, 0.4) is 0 Å². The Labute approximate surface area is 116 Å². The summed E-state index contributed by atoms with van der Waals surface area (Å²) in [5, 5.41) is 4.47. The number of ether oxygens (including phenoxy) is 1. The van der Waals surface area contributed by atoms with Crippen LogP contribution in [0.25, 0.3) is 0 Å². The molecule has 5 nitrogen and oxygen atoms in total. The van der Waals surface area contributed by atoms with Gasteiger partial charge in [-0.2, -0.15) is 4.98 Å². The quantitative estimate of drug-likeness (QED) is 0.880. The average molecular weight is 282 g/mol. The maximum atomic E-state index is 5.90. The van der Waals surface area contributed by atoms with Crippen molar-refractivity contribution >= 4 is 11.6 Å². The molecule has 0 bridgehead atoms. The predicted octanol–water partition coefficient (Wildman–Crippen LogP) is 3.10. The van der Waals surface area contributed by atoms with Gasteiger partial charge in [-0.15, -0.1) is 0 Å². The zero-order valence-corrected chi connectivity index (χ0v) is 11.4. The molecule has 6 heteroatoms. The molecule has 19 heavy (non-hydrogen) atoms. The van der Waals surface area contributed by atoms with Crippen LogP contribution in [0.1, 0.15) is 37.5 Å². The second-order valence-electron chi connectivity index (χ2n) is 4.19. The van der Waals surface area contributed by atoms with Crippen LogP contribution in [0, 0.1) is 0 Å². The highest BCUT2D eigenvalue weighted by Crippen LogP contribution is 2.18. The fourth-order valence-corrected chi connectivity index (χ4v) is 1.80. The lowest BCUT2D eigenvalue weighted by molar-refractivity contribution is 0.242. The standard InChI is InChI=1S/C13H16ClN3O2/c1-2-4-11(15)13-16-12(19-17-13)8-18-10-6-3-5-9(14)7-10/h3,5-7,11H,2,4,8,15H2,1H3. The minimum absolute atomic E-state index is 0.186. The first-order valence-corrected chi connectivity index (χ1v) is 6.53. The van der Waals surface area contributed by atoms with Crippen molar-refractivity contribution in [3.63, 3.8) is 0 Å². The Bertz CT molecular complexity index is 530. The normalized spacial score (nSPS) is 12.4. The number of aromatic nitrogens is 2. The summed E-state index contributed by atoms with van der Waals surface area (Å²) < 4.78 is 10.6. The summed E-state index contributed by atoms with van der Waals surface area (Å²) in [7, 11) is 0. The number of hydrogen-bond acceptors (Lipinski definition) is 5. The van der Waals surface area contributed by atoms with E-state index in [9.17, 15) is 0 Å². The van der Waals surface area contributed by atoms with E-state index in [0.29, 0.717) is 22.5 Å². The Balaban J connectivity index is 1.93. The second kappa shape index (κ2) is 6.54. The van der Waals surface area contributed by atoms with Crippen LogP contribution in [0.15, 0.2) is 28.8 Å². The second-order valence-corrected chi connectivity index (χ2v) is 4.62. The van der Waals surface area contributed by atoms with Gasteiger partial charge in [-0.3, -0.25) is 0 Å². The summed E-state index contributed by atoms with van der Waals surface area (Å²) in [4.78, 5) is 4.21. The number of rotatable bonds is 6. The van der Waals surface area contributed by atoms with E-state index < -0.39 is 0 Å². The van der Waals surface area contributed by atoms with Crippen molar-refractivity contribution in [3.8, 4) is 5.75 Å². The fourth-order valence-electron chi connectivity index (χ4n) is 1.62. The van der Waals surface area contributed by atoms with Crippen LogP contribution in [0.2, 0.25) is 5.02 Å². The molecule has 0 amide bonds. The first kappa shape index (κ1) is 13.8. The molecule has 102 valence electrons. The average Bonchev–Trinajstić information content (AvgIpc) is 2.86. The van der Waals surface area contributed by atoms with Gasteiger partial charge in [-0.1, -0.05) is 36.2 Å². The topological polar surface area (TPSA) is 74.2 Å². The van der Waals surface area contributed by atoms with Crippen LogP contribution in [0.4, 0.5) is 0 Å². The molecule has 0 aliphatic heterocycles. The lowest BCUT2D eigenvalue weighted by atomic mass is 10.2. The van der Waals surface area contributed by atoms with E-state index in [1.54, 1.807) is 12.1 Å². The van der Waals surface area contributed by atoms with Gasteiger partial charge < -0.3 is 15.0 Å². The molecule has 0 saturated carbocycles. The van der Waals surface area contributed by atoms with Crippen molar-refractivity contribution in [1.29, 1.82) is 0 Å². The highest BCUT2D eigenvalue weighted by atomic mass is 35.5. The van der Waals surface area contributed by atoms with E-state index in [1.165, 1.54) is 0 Å². The van der Waals surface area contributed by atoms with Crippen molar-refractivity contribution in [3.05, 3.63) is 41.0 Å². The third-order valence-electron chi connectivity index (χ3n) is 2.57. The Morgan fingerprint density at radius 2 is 2.32 bits per heavy atom. The van der Waals surface area contributed by atoms with Crippen molar-refractivity contribution in [2.75, 3.05) is 0 Å². The Morgan fingerprint density at radius 1 is 1.47 bits per heavy atom. The highest BCUT2D eigenvalue weighted by Gasteiger charge is 2.13. The lowest BCUT2D eigenvalue weighted by Crippen LogP contribution is -2.11. The van der Waals surface area contributed by atoms with E-state index in [1.807, 2.05) is 12.1 Å². The summed E-state index contributed by atoms with van der Waals surface area (Å²) in [6.07, 6.45) is 1.80. The highest BCUT2D eigenvalue weighted by molar-refractivity contribution is 6.30. The smallest absolute Gasteiger partial charge is 0.264 e. The molecule has 0 radical (unpaired) electrons. The van der Waals surface area contributed by atoms with E-state index in [-0.39, 0.29) is 12.6 Å². The van der Waals surface area contributed by atoms with Crippen LogP contribution in [-0.4, -0.2) is 10.1 Å². The first-order valence-electron chi connectivity index (χ1n) is 6.15. The van der Waals surface area contributed by atoms with Gasteiger partial charge in [0.1, 0.15) is 5.75 Å². The van der Waals surface area contributed by atoms with Crippen LogP contribution < -0.4 is 10.5 Å². The maximum absolute atomic E-state index is 5.90. The van der Waals surface area contributed by atoms with Gasteiger partial charge in [0.15, 0.2) is 12.4 Å². The van der Waals surface area contributed by atoms with Crippen molar-refractivity contribution in [2.24, 2.45) is 5.73 Å². The molecular formula is C13H16ClN3O2. The van der Waals surface area contributed by atoms with Crippen LogP contribution in [-0.2, 0) is 6.61 Å². The molecule has 1 aromatic carbocycles. The minimum atomic E-state index is -0.186. The molecule has 2 N–H and O–H groups in total. The summed E-state index contributed by atoms with van der Waals surface area (Å²) in [6.45, 7) is 2.26. The fraction of sp³-hybridized carbons (Fsp3) is 0.385. The SMILES string of the molecule is CCCC(N)c1noc(COc2cccc(Cl)c2)n1. The molecule has 2 rings (SSSR count). The number of hydrogen-bond donors (Lipinski definition) is 1. The van der Waals surface area contributed by atoms with Crippen LogP contribution in [0.5, 0.6) is 5.75 Å². The zero-order chi connectivity index (χ0) is 13.7. The minimum Gasteiger partial charge on any atom is -0.484 e. The van der Waals surface area contributed by atoms with Gasteiger partial charge in [0.2, 0.25) is 0 Å². The molecule has 1 unspecified atom stereocenters. The third-order valence-corrected chi connectivity index (χ3v) is 2.81. The van der Waals surface area contributed by atoms with Gasteiger partial charge in [0, 0.05) is 5.02 Å². The number of benzene rings is 1. The summed E-state index contributed by atoms with van der Waals surface area (Å²) >= 11 is 5.86. The number of nitrogens with two attached hydrogens (primary N) is 1. The largest absolute Gasteiger partial charge is 0.484 e. The van der Waals surface area contributed by atoms with E-state index >= 15 is 0 Å². The number of nitrogens with zero attached hydrogens (tertiary/aromatic N) is 2. The molecule has 1 atom stereocenters. The molecule has 0 saturated heterocycles. The van der Waals surface area contributed by atoms with Gasteiger partial charge in [-0.05, 0) is 24.6 Å². The Kier molecular flexibility index (Phi) is 4.76. The van der Waals surface area contributed by atoms with Gasteiger partial charge >= 0.3 is 0 Å². The van der Waals surface area contributed by atoms with Gasteiger partial charge in [0.25, 0.3) is 5.89 Å². The summed E-state index contributed by atoms with van der Waals surface area (Å²) in [5.74, 6) is 1.58.